The van der Waals surface area contributed by atoms with Crippen LogP contribution in [0.1, 0.15) is 59.8 Å². The van der Waals surface area contributed by atoms with Crippen LogP contribution in [0.2, 0.25) is 0 Å². The molecule has 200 valence electrons. The van der Waals surface area contributed by atoms with E-state index in [4.69, 9.17) is 0 Å². The lowest BCUT2D eigenvalue weighted by molar-refractivity contribution is -0.145. The highest BCUT2D eigenvalue weighted by Gasteiger charge is 2.59. The number of hydrogen-bond donors (Lipinski definition) is 3. The molecule has 8 atom stereocenters. The van der Waals surface area contributed by atoms with Gasteiger partial charge in [-0.15, -0.1) is 0 Å². The molecule has 3 N–H and O–H groups in total. The summed E-state index contributed by atoms with van der Waals surface area (Å²) in [6.45, 7) is 8.76. The summed E-state index contributed by atoms with van der Waals surface area (Å²) in [6, 6.07) is -0.117. The average molecular weight is 510 g/mol. The van der Waals surface area contributed by atoms with Crippen LogP contribution in [-0.2, 0) is 19.2 Å². The van der Waals surface area contributed by atoms with Crippen LogP contribution in [0.3, 0.4) is 0 Å². The van der Waals surface area contributed by atoms with Crippen LogP contribution in [0, 0.1) is 51.8 Å². The van der Waals surface area contributed by atoms with E-state index in [-0.39, 0.29) is 53.7 Å². The van der Waals surface area contributed by atoms with Crippen LogP contribution in [-0.4, -0.2) is 59.7 Å². The van der Waals surface area contributed by atoms with Crippen molar-refractivity contribution >= 4 is 23.6 Å². The number of hydrogen-bond acceptors (Lipinski definition) is 5. The second-order valence-corrected chi connectivity index (χ2v) is 13.2. The largest absolute Gasteiger partial charge is 0.356 e. The van der Waals surface area contributed by atoms with Crippen LogP contribution in [0.15, 0.2) is 12.2 Å². The molecule has 0 radical (unpaired) electrons. The van der Waals surface area contributed by atoms with Gasteiger partial charge in [-0.25, -0.2) is 0 Å². The molecule has 9 nitrogen and oxygen atoms in total. The van der Waals surface area contributed by atoms with E-state index in [0.717, 1.165) is 19.3 Å². The Kier molecular flexibility index (Phi) is 6.36. The Morgan fingerprint density at radius 1 is 1.22 bits per heavy atom. The number of rotatable bonds is 7. The van der Waals surface area contributed by atoms with Crippen LogP contribution < -0.4 is 16.0 Å². The monoisotopic (exact) mass is 509 g/mol. The molecule has 0 aromatic carbocycles. The van der Waals surface area contributed by atoms with Crippen molar-refractivity contribution in [2.45, 2.75) is 77.9 Å². The molecular weight excluding hydrogens is 470 g/mol. The second-order valence-electron chi connectivity index (χ2n) is 13.2. The predicted octanol–water partition coefficient (Wildman–Crippen LogP) is 1.50. The van der Waals surface area contributed by atoms with E-state index >= 15 is 0 Å². The van der Waals surface area contributed by atoms with Crippen molar-refractivity contribution in [1.82, 2.24) is 20.9 Å². The zero-order chi connectivity index (χ0) is 26.7. The fourth-order valence-electron chi connectivity index (χ4n) is 6.87. The van der Waals surface area contributed by atoms with Gasteiger partial charge in [0.1, 0.15) is 18.1 Å². The Morgan fingerprint density at radius 2 is 1.92 bits per heavy atom. The molecule has 5 rings (SSSR count). The highest BCUT2D eigenvalue weighted by Crippen LogP contribution is 2.54. The number of nitriles is 1. The van der Waals surface area contributed by atoms with Gasteiger partial charge in [0, 0.05) is 24.4 Å². The number of carbonyl (C=O) groups is 4. The minimum atomic E-state index is -0.806. The molecule has 2 heterocycles. The lowest BCUT2D eigenvalue weighted by Gasteiger charge is -2.37. The normalized spacial score (nSPS) is 34.4. The molecule has 2 saturated carbocycles. The van der Waals surface area contributed by atoms with Crippen molar-refractivity contribution in [3.8, 4) is 6.07 Å². The van der Waals surface area contributed by atoms with Gasteiger partial charge < -0.3 is 20.9 Å². The molecule has 2 saturated heterocycles. The molecule has 9 heteroatoms. The van der Waals surface area contributed by atoms with Gasteiger partial charge in [0.05, 0.1) is 6.07 Å². The third-order valence-corrected chi connectivity index (χ3v) is 9.44. The molecule has 0 spiro atoms. The highest BCUT2D eigenvalue weighted by atomic mass is 16.2. The maximum absolute atomic E-state index is 14.1. The van der Waals surface area contributed by atoms with E-state index in [1.807, 2.05) is 27.7 Å². The van der Waals surface area contributed by atoms with Crippen LogP contribution in [0.4, 0.5) is 0 Å². The van der Waals surface area contributed by atoms with E-state index < -0.39 is 29.0 Å². The van der Waals surface area contributed by atoms with Gasteiger partial charge >= 0.3 is 0 Å². The smallest absolute Gasteiger partial charge is 0.246 e. The molecule has 5 aliphatic rings. The summed E-state index contributed by atoms with van der Waals surface area (Å²) in [5.74, 6) is -0.321. The van der Waals surface area contributed by atoms with Crippen LogP contribution in [0.5, 0.6) is 0 Å². The van der Waals surface area contributed by atoms with Gasteiger partial charge in [0.2, 0.25) is 23.6 Å². The summed E-state index contributed by atoms with van der Waals surface area (Å²) in [4.78, 5) is 54.6. The maximum Gasteiger partial charge on any atom is 0.246 e. The summed E-state index contributed by atoms with van der Waals surface area (Å²) >= 11 is 0. The SMILES string of the molecule is CC1(C(=O)N[C@H](C(=O)N2C[C@H]3[C@@H]([C@H]2C(=O)N[C@H](C#N)C[C@@H]2CCNC2=O)[C@H]2C=C[C@@H]3C2)C(C)(C)C)CC1. The number of allylic oxidation sites excluding steroid dienone is 2. The molecule has 37 heavy (non-hydrogen) atoms. The number of nitrogens with zero attached hydrogens (tertiary/aromatic N) is 2. The fourth-order valence-corrected chi connectivity index (χ4v) is 6.87. The summed E-state index contributed by atoms with van der Waals surface area (Å²) < 4.78 is 0. The van der Waals surface area contributed by atoms with E-state index in [0.29, 0.717) is 25.4 Å². The van der Waals surface area contributed by atoms with Crippen molar-refractivity contribution in [2.24, 2.45) is 40.4 Å². The van der Waals surface area contributed by atoms with Crippen LogP contribution >= 0.6 is 0 Å². The minimum Gasteiger partial charge on any atom is -0.356 e. The average Bonchev–Trinajstić information content (AvgIpc) is 3.26. The second kappa shape index (κ2) is 9.14. The Hall–Kier alpha value is -2.89. The summed E-state index contributed by atoms with van der Waals surface area (Å²) in [6.07, 6.45) is 7.89. The van der Waals surface area contributed by atoms with Gasteiger partial charge in [0.15, 0.2) is 0 Å². The number of likely N-dealkylation sites (tertiary alicyclic amines) is 1. The zero-order valence-electron chi connectivity index (χ0n) is 22.3. The first-order valence-electron chi connectivity index (χ1n) is 13.7. The minimum absolute atomic E-state index is 0.00894. The third kappa shape index (κ3) is 4.64. The van der Waals surface area contributed by atoms with Crippen molar-refractivity contribution in [3.63, 3.8) is 0 Å². The number of carbonyl (C=O) groups excluding carboxylic acids is 4. The standard InChI is InChI=1S/C28H39N5O4/c1-27(2,3)22(32-26(37)28(4)8-9-28)25(36)33-14-19-15-5-6-16(11-15)20(19)21(33)24(35)31-18(13-29)12-17-7-10-30-23(17)34/h5-6,15-22H,7-12,14H2,1-4H3,(H,30,34)(H,31,35)(H,32,37)/t15-,16+,17+,18+,19-,20+,21+,22-/m1/s1. The summed E-state index contributed by atoms with van der Waals surface area (Å²) in [7, 11) is 0. The van der Waals surface area contributed by atoms with E-state index in [1.165, 1.54) is 0 Å². The Bertz CT molecular complexity index is 1070. The molecule has 4 fully saturated rings. The Labute approximate surface area is 218 Å². The highest BCUT2D eigenvalue weighted by molar-refractivity contribution is 5.95. The molecule has 0 unspecified atom stereocenters. The van der Waals surface area contributed by atoms with Gasteiger partial charge in [-0.3, -0.25) is 19.2 Å². The Morgan fingerprint density at radius 3 is 2.51 bits per heavy atom. The van der Waals surface area contributed by atoms with E-state index in [2.05, 4.69) is 34.2 Å². The van der Waals surface area contributed by atoms with Gasteiger partial charge in [0.25, 0.3) is 0 Å². The predicted molar refractivity (Wildman–Crippen MR) is 135 cm³/mol. The third-order valence-electron chi connectivity index (χ3n) is 9.44. The molecule has 2 bridgehead atoms. The van der Waals surface area contributed by atoms with Crippen LogP contribution in [0.25, 0.3) is 0 Å². The lowest BCUT2D eigenvalue weighted by Crippen LogP contribution is -2.60. The quantitative estimate of drug-likeness (QED) is 0.448. The summed E-state index contributed by atoms with van der Waals surface area (Å²) in [5.41, 5.74) is -0.962. The topological polar surface area (TPSA) is 131 Å². The molecule has 0 aromatic rings. The molecule has 0 aromatic heterocycles. The Balaban J connectivity index is 1.38. The molecule has 4 amide bonds. The van der Waals surface area contributed by atoms with Crippen molar-refractivity contribution < 1.29 is 19.2 Å². The first kappa shape index (κ1) is 25.7. The van der Waals surface area contributed by atoms with Gasteiger partial charge in [-0.2, -0.15) is 5.26 Å². The van der Waals surface area contributed by atoms with Gasteiger partial charge in [-0.1, -0.05) is 39.8 Å². The molecule has 2 aliphatic heterocycles. The first-order chi connectivity index (χ1) is 17.4. The van der Waals surface area contributed by atoms with Crippen molar-refractivity contribution in [3.05, 3.63) is 12.2 Å². The number of nitrogens with one attached hydrogen (secondary N) is 3. The first-order valence-corrected chi connectivity index (χ1v) is 13.7. The van der Waals surface area contributed by atoms with E-state index in [9.17, 15) is 24.4 Å². The zero-order valence-corrected chi connectivity index (χ0v) is 22.3. The van der Waals surface area contributed by atoms with Crippen molar-refractivity contribution in [1.29, 1.82) is 5.26 Å². The number of amides is 4. The summed E-state index contributed by atoms with van der Waals surface area (Å²) in [5, 5.41) is 18.5. The number of fused-ring (bicyclic) bond motifs is 5. The maximum atomic E-state index is 14.1. The van der Waals surface area contributed by atoms with Gasteiger partial charge in [-0.05, 0) is 61.2 Å². The molecule has 3 aliphatic carbocycles. The van der Waals surface area contributed by atoms with E-state index in [1.54, 1.807) is 4.90 Å². The fraction of sp³-hybridized carbons (Fsp3) is 0.750. The molecular formula is C28H39N5O4. The lowest BCUT2D eigenvalue weighted by atomic mass is 9.81. The van der Waals surface area contributed by atoms with Crippen molar-refractivity contribution in [2.75, 3.05) is 13.1 Å².